The fourth-order valence-corrected chi connectivity index (χ4v) is 5.04. The second kappa shape index (κ2) is 12.7. The minimum Gasteiger partial charge on any atom is -0.352 e. The average molecular weight is 523 g/mol. The minimum atomic E-state index is -0.285. The number of aromatic nitrogens is 3. The maximum atomic E-state index is 13.0. The van der Waals surface area contributed by atoms with Crippen molar-refractivity contribution in [1.29, 1.82) is 0 Å². The standard InChI is InChI=1S/C28H28ClFN4OS/c1-20-7-2-3-8-22(20)19-36-28-33-32-26(34(28)25-10-6-9-23(29)17-25)11-4-5-12-27(35)31-18-21-13-15-24(30)16-14-21/h2-3,6-10,13-17H,4-5,11-12,18-19H2,1H3,(H,31,35). The number of aryl methyl sites for hydroxylation is 2. The number of nitrogens with one attached hydrogen (secondary N) is 1. The number of halogens is 2. The topological polar surface area (TPSA) is 59.8 Å². The van der Waals surface area contributed by atoms with Crippen LogP contribution in [0.25, 0.3) is 5.69 Å². The van der Waals surface area contributed by atoms with Crippen LogP contribution in [0.3, 0.4) is 0 Å². The van der Waals surface area contributed by atoms with Crippen LogP contribution in [0.2, 0.25) is 5.02 Å². The maximum absolute atomic E-state index is 13.0. The van der Waals surface area contributed by atoms with Crippen molar-refractivity contribution in [2.75, 3.05) is 0 Å². The van der Waals surface area contributed by atoms with Gasteiger partial charge in [0.25, 0.3) is 0 Å². The molecule has 1 N–H and O–H groups in total. The number of benzene rings is 3. The van der Waals surface area contributed by atoms with E-state index >= 15 is 0 Å². The van der Waals surface area contributed by atoms with Gasteiger partial charge in [-0.2, -0.15) is 0 Å². The van der Waals surface area contributed by atoms with Gasteiger partial charge in [-0.3, -0.25) is 9.36 Å². The third-order valence-electron chi connectivity index (χ3n) is 5.84. The first-order valence-electron chi connectivity index (χ1n) is 11.9. The van der Waals surface area contributed by atoms with Gasteiger partial charge in [0.15, 0.2) is 5.16 Å². The molecule has 0 fully saturated rings. The minimum absolute atomic E-state index is 0.0230. The van der Waals surface area contributed by atoms with Crippen LogP contribution in [-0.4, -0.2) is 20.7 Å². The van der Waals surface area contributed by atoms with Crippen molar-refractivity contribution in [2.45, 2.75) is 50.1 Å². The Morgan fingerprint density at radius 1 is 1.03 bits per heavy atom. The van der Waals surface area contributed by atoms with Gasteiger partial charge in [-0.1, -0.05) is 65.8 Å². The quantitative estimate of drug-likeness (QED) is 0.176. The van der Waals surface area contributed by atoms with E-state index < -0.39 is 0 Å². The van der Waals surface area contributed by atoms with Crippen LogP contribution >= 0.6 is 23.4 Å². The number of amides is 1. The van der Waals surface area contributed by atoms with Crippen LogP contribution in [0.4, 0.5) is 4.39 Å². The van der Waals surface area contributed by atoms with E-state index in [1.54, 1.807) is 23.9 Å². The van der Waals surface area contributed by atoms with Gasteiger partial charge < -0.3 is 5.32 Å². The van der Waals surface area contributed by atoms with E-state index in [1.807, 2.05) is 36.4 Å². The van der Waals surface area contributed by atoms with E-state index in [0.29, 0.717) is 24.4 Å². The van der Waals surface area contributed by atoms with E-state index in [-0.39, 0.29) is 11.7 Å². The molecule has 0 aliphatic carbocycles. The molecule has 4 aromatic rings. The van der Waals surface area contributed by atoms with Crippen LogP contribution in [0.5, 0.6) is 0 Å². The number of carbonyl (C=O) groups is 1. The van der Waals surface area contributed by atoms with Crippen LogP contribution in [0.1, 0.15) is 41.8 Å². The largest absolute Gasteiger partial charge is 0.352 e. The summed E-state index contributed by atoms with van der Waals surface area (Å²) < 4.78 is 15.1. The normalized spacial score (nSPS) is 11.0. The van der Waals surface area contributed by atoms with Crippen molar-refractivity contribution in [1.82, 2.24) is 20.1 Å². The van der Waals surface area contributed by atoms with Crippen LogP contribution in [0, 0.1) is 12.7 Å². The number of thioether (sulfide) groups is 1. The molecule has 1 amide bonds. The van der Waals surface area contributed by atoms with Gasteiger partial charge in [-0.05, 0) is 66.8 Å². The average Bonchev–Trinajstić information content (AvgIpc) is 3.28. The summed E-state index contributed by atoms with van der Waals surface area (Å²) in [6.07, 6.45) is 2.63. The molecule has 0 unspecified atom stereocenters. The highest BCUT2D eigenvalue weighted by atomic mass is 35.5. The van der Waals surface area contributed by atoms with E-state index in [0.717, 1.165) is 40.8 Å². The molecule has 0 radical (unpaired) electrons. The van der Waals surface area contributed by atoms with Crippen molar-refractivity contribution in [3.63, 3.8) is 0 Å². The lowest BCUT2D eigenvalue weighted by Gasteiger charge is -2.11. The molecule has 5 nitrogen and oxygen atoms in total. The Labute approximate surface area is 220 Å². The van der Waals surface area contributed by atoms with Gasteiger partial charge in [-0.25, -0.2) is 4.39 Å². The molecule has 0 bridgehead atoms. The molecule has 0 saturated carbocycles. The molecular formula is C28H28ClFN4OS. The third kappa shape index (κ3) is 7.18. The first kappa shape index (κ1) is 25.9. The van der Waals surface area contributed by atoms with E-state index in [1.165, 1.54) is 23.3 Å². The fraction of sp³-hybridized carbons (Fsp3) is 0.250. The highest BCUT2D eigenvalue weighted by molar-refractivity contribution is 7.98. The zero-order chi connectivity index (χ0) is 25.3. The molecule has 1 heterocycles. The Morgan fingerprint density at radius 2 is 1.83 bits per heavy atom. The van der Waals surface area contributed by atoms with Gasteiger partial charge in [0.2, 0.25) is 5.91 Å². The van der Waals surface area contributed by atoms with E-state index in [4.69, 9.17) is 11.6 Å². The van der Waals surface area contributed by atoms with Gasteiger partial charge in [0.05, 0.1) is 5.69 Å². The molecule has 8 heteroatoms. The molecule has 0 saturated heterocycles. The van der Waals surface area contributed by atoms with Gasteiger partial charge in [-0.15, -0.1) is 10.2 Å². The Balaban J connectivity index is 1.36. The zero-order valence-electron chi connectivity index (χ0n) is 20.1. The Hall–Kier alpha value is -3.16. The summed E-state index contributed by atoms with van der Waals surface area (Å²) in [5.74, 6) is 1.33. The Morgan fingerprint density at radius 3 is 2.61 bits per heavy atom. The molecule has 1 aromatic heterocycles. The highest BCUT2D eigenvalue weighted by Crippen LogP contribution is 2.28. The van der Waals surface area contributed by atoms with Crippen molar-refractivity contribution in [3.8, 4) is 5.69 Å². The monoisotopic (exact) mass is 522 g/mol. The maximum Gasteiger partial charge on any atom is 0.220 e. The third-order valence-corrected chi connectivity index (χ3v) is 7.05. The summed E-state index contributed by atoms with van der Waals surface area (Å²) in [4.78, 5) is 12.2. The molecule has 0 spiro atoms. The smallest absolute Gasteiger partial charge is 0.220 e. The predicted molar refractivity (Wildman–Crippen MR) is 143 cm³/mol. The molecule has 4 rings (SSSR count). The number of unbranched alkanes of at least 4 members (excludes halogenated alkanes) is 1. The van der Waals surface area contributed by atoms with Crippen molar-refractivity contribution < 1.29 is 9.18 Å². The number of carbonyl (C=O) groups excluding carboxylic acids is 1. The lowest BCUT2D eigenvalue weighted by molar-refractivity contribution is -0.121. The number of hydrogen-bond donors (Lipinski definition) is 1. The molecule has 0 aliphatic heterocycles. The number of rotatable bonds is 11. The summed E-state index contributed by atoms with van der Waals surface area (Å²) in [6.45, 7) is 2.50. The predicted octanol–water partition coefficient (Wildman–Crippen LogP) is 6.69. The molecule has 3 aromatic carbocycles. The SMILES string of the molecule is Cc1ccccc1CSc1nnc(CCCCC(=O)NCc2ccc(F)cc2)n1-c1cccc(Cl)c1. The molecule has 186 valence electrons. The second-order valence-corrected chi connectivity index (χ2v) is 9.92. The second-order valence-electron chi connectivity index (χ2n) is 8.54. The first-order valence-corrected chi connectivity index (χ1v) is 13.2. The molecule has 36 heavy (non-hydrogen) atoms. The van der Waals surface area contributed by atoms with Crippen LogP contribution < -0.4 is 5.32 Å². The van der Waals surface area contributed by atoms with E-state index in [9.17, 15) is 9.18 Å². The van der Waals surface area contributed by atoms with Crippen LogP contribution in [-0.2, 0) is 23.5 Å². The summed E-state index contributed by atoms with van der Waals surface area (Å²) in [5.41, 5.74) is 4.30. The van der Waals surface area contributed by atoms with Crippen LogP contribution in [0.15, 0.2) is 78.0 Å². The lowest BCUT2D eigenvalue weighted by Crippen LogP contribution is -2.22. The first-order chi connectivity index (χ1) is 17.5. The fourth-order valence-electron chi connectivity index (χ4n) is 3.80. The zero-order valence-corrected chi connectivity index (χ0v) is 21.7. The van der Waals surface area contributed by atoms with Crippen molar-refractivity contribution in [2.24, 2.45) is 0 Å². The van der Waals surface area contributed by atoms with Gasteiger partial charge in [0.1, 0.15) is 11.6 Å². The van der Waals surface area contributed by atoms with Gasteiger partial charge in [0, 0.05) is 30.2 Å². The highest BCUT2D eigenvalue weighted by Gasteiger charge is 2.15. The Bertz CT molecular complexity index is 1310. The summed E-state index contributed by atoms with van der Waals surface area (Å²) in [5, 5.41) is 13.3. The molecular weight excluding hydrogens is 495 g/mol. The summed E-state index contributed by atoms with van der Waals surface area (Å²) in [6, 6.07) is 22.1. The molecule has 0 aliphatic rings. The van der Waals surface area contributed by atoms with Crippen molar-refractivity contribution >= 4 is 29.3 Å². The molecule has 0 atom stereocenters. The van der Waals surface area contributed by atoms with Crippen molar-refractivity contribution in [3.05, 3.63) is 106 Å². The summed E-state index contributed by atoms with van der Waals surface area (Å²) in [7, 11) is 0. The Kier molecular flexibility index (Phi) is 9.14. The summed E-state index contributed by atoms with van der Waals surface area (Å²) >= 11 is 7.92. The van der Waals surface area contributed by atoms with Gasteiger partial charge >= 0.3 is 0 Å². The lowest BCUT2D eigenvalue weighted by atomic mass is 10.1. The number of nitrogens with zero attached hydrogens (tertiary/aromatic N) is 3. The van der Waals surface area contributed by atoms with E-state index in [2.05, 4.69) is 39.1 Å². The number of hydrogen-bond acceptors (Lipinski definition) is 4.